The Bertz CT molecular complexity index is 704. The highest BCUT2D eigenvalue weighted by Crippen LogP contribution is 2.28. The normalized spacial score (nSPS) is 14.3. The Morgan fingerprint density at radius 3 is 2.80 bits per heavy atom. The molecular weight excluding hydrogens is 314 g/mol. The van der Waals surface area contributed by atoms with Crippen LogP contribution in [-0.4, -0.2) is 50.7 Å². The Morgan fingerprint density at radius 2 is 2.20 bits per heavy atom. The molecule has 0 spiro atoms. The Hall–Kier alpha value is -2.21. The lowest BCUT2D eigenvalue weighted by molar-refractivity contribution is 0.0943. The van der Waals surface area contributed by atoms with Gasteiger partial charge >= 0.3 is 0 Å². The fourth-order valence-electron chi connectivity index (χ4n) is 3.24. The summed E-state index contributed by atoms with van der Waals surface area (Å²) in [6, 6.07) is 6.90. The molecule has 0 aliphatic heterocycles. The minimum absolute atomic E-state index is 0.0569. The average molecular weight is 341 g/mol. The van der Waals surface area contributed by atoms with Crippen LogP contribution in [-0.2, 0) is 6.42 Å². The quantitative estimate of drug-likeness (QED) is 0.801. The number of carbonyl (C=O) groups is 1. The van der Waals surface area contributed by atoms with Gasteiger partial charge in [0.05, 0.1) is 17.5 Å². The maximum absolute atomic E-state index is 12.6. The predicted octanol–water partition coefficient (Wildman–Crippen LogP) is 2.43. The number of nitrogens with one attached hydrogen (secondary N) is 1. The first-order valence-corrected chi connectivity index (χ1v) is 9.14. The largest absolute Gasteiger partial charge is 0.351 e. The third-order valence-electron chi connectivity index (χ3n) is 4.65. The van der Waals surface area contributed by atoms with Gasteiger partial charge in [-0.2, -0.15) is 5.10 Å². The van der Waals surface area contributed by atoms with Gasteiger partial charge in [0.25, 0.3) is 5.91 Å². The van der Waals surface area contributed by atoms with Crippen molar-refractivity contribution in [3.05, 3.63) is 41.9 Å². The molecule has 2 aromatic rings. The van der Waals surface area contributed by atoms with E-state index in [1.54, 1.807) is 17.1 Å². The molecular formula is C19H27N5O. The van der Waals surface area contributed by atoms with Crippen molar-refractivity contribution in [1.82, 2.24) is 25.0 Å². The Labute approximate surface area is 149 Å². The van der Waals surface area contributed by atoms with E-state index in [-0.39, 0.29) is 5.91 Å². The van der Waals surface area contributed by atoms with Crippen molar-refractivity contribution >= 4 is 5.91 Å². The summed E-state index contributed by atoms with van der Waals surface area (Å²) in [5.41, 5.74) is 1.52. The Kier molecular flexibility index (Phi) is 5.48. The number of nitrogens with zero attached hydrogens (tertiary/aromatic N) is 4. The molecule has 2 aromatic heterocycles. The van der Waals surface area contributed by atoms with Crippen LogP contribution in [0.1, 0.15) is 49.7 Å². The van der Waals surface area contributed by atoms with Crippen LogP contribution >= 0.6 is 0 Å². The molecule has 0 unspecified atom stereocenters. The number of pyridine rings is 1. The first-order chi connectivity index (χ1) is 12.1. The van der Waals surface area contributed by atoms with Crippen LogP contribution in [0.25, 0.3) is 5.82 Å². The molecule has 0 aromatic carbocycles. The minimum Gasteiger partial charge on any atom is -0.351 e. The van der Waals surface area contributed by atoms with Crippen molar-refractivity contribution in [3.8, 4) is 5.82 Å². The Morgan fingerprint density at radius 1 is 1.40 bits per heavy atom. The second kappa shape index (κ2) is 7.78. The van der Waals surface area contributed by atoms with E-state index in [2.05, 4.69) is 34.1 Å². The molecule has 1 saturated carbocycles. The molecule has 6 nitrogen and oxygen atoms in total. The van der Waals surface area contributed by atoms with E-state index < -0.39 is 0 Å². The highest BCUT2D eigenvalue weighted by atomic mass is 16.1. The lowest BCUT2D eigenvalue weighted by Crippen LogP contribution is -2.40. The molecule has 0 saturated heterocycles. The zero-order valence-corrected chi connectivity index (χ0v) is 15.3. The molecule has 3 rings (SSSR count). The van der Waals surface area contributed by atoms with E-state index in [1.807, 2.05) is 25.1 Å². The monoisotopic (exact) mass is 341 g/mol. The first kappa shape index (κ1) is 17.6. The summed E-state index contributed by atoms with van der Waals surface area (Å²) in [5, 5.41) is 7.42. The molecule has 0 radical (unpaired) electrons. The van der Waals surface area contributed by atoms with Crippen molar-refractivity contribution in [2.45, 2.75) is 52.1 Å². The van der Waals surface area contributed by atoms with Crippen LogP contribution in [0.2, 0.25) is 0 Å². The van der Waals surface area contributed by atoms with Crippen molar-refractivity contribution in [2.75, 3.05) is 13.1 Å². The van der Waals surface area contributed by atoms with Crippen LogP contribution in [0, 0.1) is 0 Å². The SMILES string of the molecule is CCc1c(C(=O)NCCN(C(C)C)C2CC2)cnn1-c1ccccn1. The molecule has 25 heavy (non-hydrogen) atoms. The molecule has 0 bridgehead atoms. The fourth-order valence-corrected chi connectivity index (χ4v) is 3.24. The summed E-state index contributed by atoms with van der Waals surface area (Å²) in [6.45, 7) is 8.01. The van der Waals surface area contributed by atoms with Gasteiger partial charge in [0.1, 0.15) is 0 Å². The fraction of sp³-hybridized carbons (Fsp3) is 0.526. The molecule has 2 heterocycles. The second-order valence-electron chi connectivity index (χ2n) is 6.78. The van der Waals surface area contributed by atoms with E-state index in [0.29, 0.717) is 24.2 Å². The number of rotatable bonds is 8. The summed E-state index contributed by atoms with van der Waals surface area (Å²) in [5.74, 6) is 0.677. The zero-order valence-electron chi connectivity index (χ0n) is 15.3. The second-order valence-corrected chi connectivity index (χ2v) is 6.78. The molecule has 0 atom stereocenters. The zero-order chi connectivity index (χ0) is 17.8. The van der Waals surface area contributed by atoms with Crippen molar-refractivity contribution in [1.29, 1.82) is 0 Å². The van der Waals surface area contributed by atoms with Gasteiger partial charge in [-0.15, -0.1) is 0 Å². The predicted molar refractivity (Wildman–Crippen MR) is 97.9 cm³/mol. The van der Waals surface area contributed by atoms with Crippen molar-refractivity contribution in [3.63, 3.8) is 0 Å². The van der Waals surface area contributed by atoms with E-state index in [4.69, 9.17) is 0 Å². The standard InChI is InChI=1S/C19H27N5O/c1-4-17-16(13-22-24(17)18-7-5-6-10-20-18)19(25)21-11-12-23(14(2)3)15-8-9-15/h5-7,10,13-15H,4,8-9,11-12H2,1-3H3,(H,21,25). The van der Waals surface area contributed by atoms with Crippen molar-refractivity contribution < 1.29 is 4.79 Å². The van der Waals surface area contributed by atoms with Crippen LogP contribution in [0.5, 0.6) is 0 Å². The topological polar surface area (TPSA) is 63.1 Å². The van der Waals surface area contributed by atoms with Crippen LogP contribution in [0.3, 0.4) is 0 Å². The summed E-state index contributed by atoms with van der Waals surface area (Å²) in [6.07, 6.45) is 6.66. The number of hydrogen-bond acceptors (Lipinski definition) is 4. The smallest absolute Gasteiger partial charge is 0.254 e. The maximum Gasteiger partial charge on any atom is 0.254 e. The lowest BCUT2D eigenvalue weighted by Gasteiger charge is -2.26. The molecule has 1 amide bonds. The molecule has 1 N–H and O–H groups in total. The van der Waals surface area contributed by atoms with Gasteiger partial charge in [0.2, 0.25) is 0 Å². The van der Waals surface area contributed by atoms with Gasteiger partial charge in [-0.3, -0.25) is 9.69 Å². The van der Waals surface area contributed by atoms with Crippen LogP contribution < -0.4 is 5.32 Å². The highest BCUT2D eigenvalue weighted by Gasteiger charge is 2.30. The van der Waals surface area contributed by atoms with Gasteiger partial charge < -0.3 is 5.32 Å². The highest BCUT2D eigenvalue weighted by molar-refractivity contribution is 5.95. The molecule has 6 heteroatoms. The van der Waals surface area contributed by atoms with E-state index in [9.17, 15) is 4.79 Å². The van der Waals surface area contributed by atoms with E-state index in [0.717, 1.165) is 24.5 Å². The van der Waals surface area contributed by atoms with Crippen LogP contribution in [0.15, 0.2) is 30.6 Å². The van der Waals surface area contributed by atoms with Gasteiger partial charge in [0.15, 0.2) is 5.82 Å². The minimum atomic E-state index is -0.0569. The summed E-state index contributed by atoms with van der Waals surface area (Å²) >= 11 is 0. The number of hydrogen-bond donors (Lipinski definition) is 1. The number of carbonyl (C=O) groups excluding carboxylic acids is 1. The summed E-state index contributed by atoms with van der Waals surface area (Å²) in [4.78, 5) is 19.4. The van der Waals surface area contributed by atoms with Crippen LogP contribution in [0.4, 0.5) is 0 Å². The lowest BCUT2D eigenvalue weighted by atomic mass is 10.2. The van der Waals surface area contributed by atoms with Gasteiger partial charge in [-0.1, -0.05) is 13.0 Å². The molecule has 1 fully saturated rings. The first-order valence-electron chi connectivity index (χ1n) is 9.14. The third-order valence-corrected chi connectivity index (χ3v) is 4.65. The van der Waals surface area contributed by atoms with Crippen molar-refractivity contribution in [2.24, 2.45) is 0 Å². The maximum atomic E-state index is 12.6. The summed E-state index contributed by atoms with van der Waals surface area (Å²) in [7, 11) is 0. The van der Waals surface area contributed by atoms with Gasteiger partial charge in [-0.05, 0) is 45.2 Å². The van der Waals surface area contributed by atoms with E-state index in [1.165, 1.54) is 12.8 Å². The molecule has 1 aliphatic carbocycles. The summed E-state index contributed by atoms with van der Waals surface area (Å²) < 4.78 is 1.75. The Balaban J connectivity index is 1.65. The molecule has 134 valence electrons. The molecule has 1 aliphatic rings. The van der Waals surface area contributed by atoms with E-state index >= 15 is 0 Å². The average Bonchev–Trinajstić information content (AvgIpc) is 3.36. The third kappa shape index (κ3) is 4.07. The van der Waals surface area contributed by atoms with Gasteiger partial charge in [0, 0.05) is 31.4 Å². The number of amides is 1. The number of aromatic nitrogens is 3. The van der Waals surface area contributed by atoms with Gasteiger partial charge in [-0.25, -0.2) is 9.67 Å².